The first kappa shape index (κ1) is 19.5. The predicted octanol–water partition coefficient (Wildman–Crippen LogP) is 5.18. The van der Waals surface area contributed by atoms with Gasteiger partial charge in [0.2, 0.25) is 0 Å². The topological polar surface area (TPSA) is 38.7 Å². The third-order valence-electron chi connectivity index (χ3n) is 7.31. The van der Waals surface area contributed by atoms with Gasteiger partial charge in [-0.1, -0.05) is 81.4 Å². The molecule has 2 bridgehead atoms. The molecule has 148 valence electrons. The maximum Gasteiger partial charge on any atom is 0.145 e. The Morgan fingerprint density at radius 2 is 1.71 bits per heavy atom. The zero-order valence-corrected chi connectivity index (χ0v) is 17.7. The summed E-state index contributed by atoms with van der Waals surface area (Å²) in [5, 5.41) is -0.0579. The lowest BCUT2D eigenvalue weighted by atomic mass is 9.70. The summed E-state index contributed by atoms with van der Waals surface area (Å²) in [5.41, 5.74) is 2.25. The number of ether oxygens (including phenoxy) is 1. The summed E-state index contributed by atoms with van der Waals surface area (Å²) in [7, 11) is -1.31. The molecule has 0 N–H and O–H groups in total. The highest BCUT2D eigenvalue weighted by Crippen LogP contribution is 2.67. The largest absolute Gasteiger partial charge is 0.372 e. The second kappa shape index (κ2) is 7.57. The second-order valence-corrected chi connectivity index (χ2v) is 10.2. The molecule has 0 radical (unpaired) electrons. The summed E-state index contributed by atoms with van der Waals surface area (Å²) < 4.78 is 24.2. The van der Waals surface area contributed by atoms with E-state index in [0.717, 1.165) is 24.0 Å². The van der Waals surface area contributed by atoms with E-state index in [1.807, 2.05) is 48.5 Å². The summed E-state index contributed by atoms with van der Waals surface area (Å²) in [5.74, 6) is 0.368. The van der Waals surface area contributed by atoms with Crippen LogP contribution in [0.25, 0.3) is 0 Å². The minimum Gasteiger partial charge on any atom is -0.372 e. The van der Waals surface area contributed by atoms with Crippen LogP contribution in [0.3, 0.4) is 0 Å². The van der Waals surface area contributed by atoms with E-state index in [9.17, 15) is 4.21 Å². The molecule has 2 aliphatic carbocycles. The lowest BCUT2D eigenvalue weighted by molar-refractivity contribution is -0.0530. The smallest absolute Gasteiger partial charge is 0.145 e. The summed E-state index contributed by atoms with van der Waals surface area (Å²) >= 11 is 0. The normalized spacial score (nSPS) is 32.0. The van der Waals surface area contributed by atoms with Gasteiger partial charge in [-0.25, -0.2) is 4.21 Å². The van der Waals surface area contributed by atoms with Crippen LogP contribution in [0.4, 0.5) is 0 Å². The third-order valence-corrected chi connectivity index (χ3v) is 8.66. The number of fused-ring (bicyclic) bond motifs is 2. The van der Waals surface area contributed by atoms with Crippen molar-refractivity contribution in [2.75, 3.05) is 0 Å². The van der Waals surface area contributed by atoms with E-state index in [0.29, 0.717) is 12.5 Å². The molecule has 0 aliphatic heterocycles. The monoisotopic (exact) mass is 395 g/mol. The SMILES string of the molecule is CC1(C)C2CCC1(C)[C@H](OCc1ccccc1)[C@@H]2[S@@](=O)/N=C/c1ccccc1. The highest BCUT2D eigenvalue weighted by Gasteiger charge is 2.68. The summed E-state index contributed by atoms with van der Waals surface area (Å²) in [6.07, 6.45) is 3.92. The molecule has 0 aromatic heterocycles. The first-order valence-electron chi connectivity index (χ1n) is 10.1. The van der Waals surface area contributed by atoms with Crippen LogP contribution in [-0.2, 0) is 22.3 Å². The minimum atomic E-state index is -1.31. The molecular weight excluding hydrogens is 366 g/mol. The van der Waals surface area contributed by atoms with Gasteiger partial charge in [0.15, 0.2) is 0 Å². The van der Waals surface area contributed by atoms with Crippen LogP contribution in [0.1, 0.15) is 44.7 Å². The Morgan fingerprint density at radius 1 is 1.07 bits per heavy atom. The van der Waals surface area contributed by atoms with E-state index in [2.05, 4.69) is 37.3 Å². The Morgan fingerprint density at radius 3 is 2.39 bits per heavy atom. The number of hydrogen-bond acceptors (Lipinski definition) is 2. The van der Waals surface area contributed by atoms with Crippen LogP contribution in [-0.4, -0.2) is 21.8 Å². The molecule has 5 atom stereocenters. The number of nitrogens with zero attached hydrogens (tertiary/aromatic N) is 1. The van der Waals surface area contributed by atoms with E-state index < -0.39 is 11.0 Å². The van der Waals surface area contributed by atoms with Crippen LogP contribution < -0.4 is 0 Å². The molecule has 2 aromatic rings. The maximum absolute atomic E-state index is 13.3. The van der Waals surface area contributed by atoms with Crippen molar-refractivity contribution in [2.45, 2.75) is 51.6 Å². The molecule has 0 heterocycles. The van der Waals surface area contributed by atoms with Gasteiger partial charge in [-0.15, -0.1) is 0 Å². The van der Waals surface area contributed by atoms with Gasteiger partial charge in [0.25, 0.3) is 0 Å². The Kier molecular flexibility index (Phi) is 5.28. The van der Waals surface area contributed by atoms with Crippen LogP contribution in [0, 0.1) is 16.7 Å². The first-order chi connectivity index (χ1) is 13.4. The standard InChI is InChI=1S/C24H29NO2S/c1-23(2)20-14-15-24(23,3)22(27-17-19-12-8-5-9-13-19)21(20)28(26)25-16-18-10-6-4-7-11-18/h4-13,16,20-22H,14-15,17H2,1-3H3/b25-16+/t20?,21-,22-,24?,28-/m1/s1. The van der Waals surface area contributed by atoms with Crippen molar-refractivity contribution < 1.29 is 8.95 Å². The van der Waals surface area contributed by atoms with Gasteiger partial charge < -0.3 is 4.74 Å². The fourth-order valence-corrected chi connectivity index (χ4v) is 6.94. The maximum atomic E-state index is 13.3. The number of rotatable bonds is 6. The van der Waals surface area contributed by atoms with Crippen LogP contribution in [0.2, 0.25) is 0 Å². The molecule has 2 aromatic carbocycles. The molecule has 2 saturated carbocycles. The van der Waals surface area contributed by atoms with Crippen molar-refractivity contribution in [1.82, 2.24) is 0 Å². The summed E-state index contributed by atoms with van der Waals surface area (Å²) in [6, 6.07) is 20.1. The van der Waals surface area contributed by atoms with Gasteiger partial charge in [-0.05, 0) is 35.3 Å². The van der Waals surface area contributed by atoms with Gasteiger partial charge in [0.1, 0.15) is 11.0 Å². The number of hydrogen-bond donors (Lipinski definition) is 0. The average Bonchev–Trinajstić information content (AvgIpc) is 3.04. The van der Waals surface area contributed by atoms with Crippen LogP contribution in [0.5, 0.6) is 0 Å². The van der Waals surface area contributed by atoms with Crippen molar-refractivity contribution in [2.24, 2.45) is 21.1 Å². The van der Waals surface area contributed by atoms with Crippen molar-refractivity contribution in [1.29, 1.82) is 0 Å². The Balaban J connectivity index is 1.58. The Labute approximate surface area is 170 Å². The first-order valence-corrected chi connectivity index (χ1v) is 11.3. The van der Waals surface area contributed by atoms with E-state index in [4.69, 9.17) is 4.74 Å². The molecule has 2 aliphatic rings. The second-order valence-electron chi connectivity index (χ2n) is 8.89. The van der Waals surface area contributed by atoms with E-state index in [1.54, 1.807) is 6.21 Å². The zero-order chi connectivity index (χ0) is 19.8. The Hall–Kier alpha value is -1.78. The number of benzene rings is 2. The minimum absolute atomic E-state index is 0.0229. The highest BCUT2D eigenvalue weighted by atomic mass is 32.2. The van der Waals surface area contributed by atoms with Gasteiger partial charge in [0.05, 0.1) is 18.0 Å². The molecular formula is C24H29NO2S. The van der Waals surface area contributed by atoms with Gasteiger partial charge in [-0.2, -0.15) is 4.40 Å². The van der Waals surface area contributed by atoms with Gasteiger partial charge in [-0.3, -0.25) is 0 Å². The quantitative estimate of drug-likeness (QED) is 0.632. The summed E-state index contributed by atoms with van der Waals surface area (Å²) in [4.78, 5) is 0. The van der Waals surface area contributed by atoms with E-state index in [-0.39, 0.29) is 22.2 Å². The Bertz CT molecular complexity index is 865. The average molecular weight is 396 g/mol. The summed E-state index contributed by atoms with van der Waals surface area (Å²) in [6.45, 7) is 7.52. The van der Waals surface area contributed by atoms with E-state index in [1.165, 1.54) is 0 Å². The van der Waals surface area contributed by atoms with Gasteiger partial charge in [0, 0.05) is 11.6 Å². The molecule has 2 fully saturated rings. The van der Waals surface area contributed by atoms with Crippen LogP contribution >= 0.6 is 0 Å². The zero-order valence-electron chi connectivity index (χ0n) is 16.9. The molecule has 2 unspecified atom stereocenters. The van der Waals surface area contributed by atoms with Crippen molar-refractivity contribution in [3.8, 4) is 0 Å². The highest BCUT2D eigenvalue weighted by molar-refractivity contribution is 7.84. The molecule has 0 spiro atoms. The van der Waals surface area contributed by atoms with Gasteiger partial charge >= 0.3 is 0 Å². The molecule has 28 heavy (non-hydrogen) atoms. The molecule has 0 amide bonds. The lowest BCUT2D eigenvalue weighted by Crippen LogP contribution is -2.43. The van der Waals surface area contributed by atoms with E-state index >= 15 is 0 Å². The predicted molar refractivity (Wildman–Crippen MR) is 116 cm³/mol. The van der Waals surface area contributed by atoms with Crippen LogP contribution in [0.15, 0.2) is 65.1 Å². The third kappa shape index (κ3) is 3.27. The van der Waals surface area contributed by atoms with Crippen molar-refractivity contribution >= 4 is 17.2 Å². The molecule has 3 nitrogen and oxygen atoms in total. The fraction of sp³-hybridized carbons (Fsp3) is 0.458. The fourth-order valence-electron chi connectivity index (χ4n) is 5.23. The lowest BCUT2D eigenvalue weighted by Gasteiger charge is -2.39. The van der Waals surface area contributed by atoms with Crippen molar-refractivity contribution in [3.63, 3.8) is 0 Å². The molecule has 4 heteroatoms. The molecule has 0 saturated heterocycles. The molecule has 4 rings (SSSR count). The van der Waals surface area contributed by atoms with Crippen molar-refractivity contribution in [3.05, 3.63) is 71.8 Å².